The number of aryl methyl sites for hydroxylation is 1. The first-order valence-corrected chi connectivity index (χ1v) is 8.87. The molecular formula is C16H25NO3S. The zero-order valence-electron chi connectivity index (χ0n) is 13.3. The normalized spacial score (nSPS) is 23.1. The lowest BCUT2D eigenvalue weighted by atomic mass is 9.84. The van der Waals surface area contributed by atoms with E-state index < -0.39 is 10.0 Å². The number of ether oxygens (including phenoxy) is 1. The second-order valence-corrected chi connectivity index (χ2v) is 8.49. The average molecular weight is 311 g/mol. The fourth-order valence-electron chi connectivity index (χ4n) is 2.90. The number of hydrogen-bond acceptors (Lipinski definition) is 3. The lowest BCUT2D eigenvalue weighted by Crippen LogP contribution is -2.50. The monoisotopic (exact) mass is 311 g/mol. The van der Waals surface area contributed by atoms with E-state index in [0.29, 0.717) is 24.6 Å². The molecule has 1 heterocycles. The Morgan fingerprint density at radius 1 is 1.29 bits per heavy atom. The van der Waals surface area contributed by atoms with Crippen LogP contribution in [0.15, 0.2) is 29.2 Å². The maximum Gasteiger partial charge on any atom is 0.243 e. The Hall–Kier alpha value is -0.910. The molecule has 0 aliphatic carbocycles. The highest BCUT2D eigenvalue weighted by Crippen LogP contribution is 2.33. The molecule has 1 aromatic carbocycles. The van der Waals surface area contributed by atoms with Crippen LogP contribution in [0.5, 0.6) is 0 Å². The summed E-state index contributed by atoms with van der Waals surface area (Å²) >= 11 is 0. The molecule has 0 saturated carbocycles. The summed E-state index contributed by atoms with van der Waals surface area (Å²) in [7, 11) is -3.45. The zero-order valence-corrected chi connectivity index (χ0v) is 14.1. The lowest BCUT2D eigenvalue weighted by Gasteiger charge is -2.41. The van der Waals surface area contributed by atoms with Gasteiger partial charge in [-0.25, -0.2) is 8.42 Å². The minimum Gasteiger partial charge on any atom is -0.377 e. The Balaban J connectivity index is 2.28. The molecule has 118 valence electrons. The third-order valence-electron chi connectivity index (χ3n) is 3.85. The molecule has 4 nitrogen and oxygen atoms in total. The molecule has 1 unspecified atom stereocenters. The van der Waals surface area contributed by atoms with Crippen molar-refractivity contribution in [1.29, 1.82) is 0 Å². The Kier molecular flexibility index (Phi) is 4.76. The van der Waals surface area contributed by atoms with Gasteiger partial charge in [-0.2, -0.15) is 4.31 Å². The molecule has 0 aromatic heterocycles. The number of nitrogens with zero attached hydrogens (tertiary/aromatic N) is 1. The number of hydrogen-bond donors (Lipinski definition) is 0. The zero-order chi connectivity index (χ0) is 15.7. The predicted octanol–water partition coefficient (Wildman–Crippen LogP) is 2.82. The van der Waals surface area contributed by atoms with Crippen LogP contribution in [0.1, 0.15) is 32.8 Å². The summed E-state index contributed by atoms with van der Waals surface area (Å²) in [4.78, 5) is 0.362. The van der Waals surface area contributed by atoms with E-state index in [9.17, 15) is 8.42 Å². The van der Waals surface area contributed by atoms with Gasteiger partial charge in [0.25, 0.3) is 0 Å². The predicted molar refractivity (Wildman–Crippen MR) is 83.7 cm³/mol. The Morgan fingerprint density at radius 2 is 1.90 bits per heavy atom. The molecule has 1 fully saturated rings. The van der Waals surface area contributed by atoms with Gasteiger partial charge in [0.05, 0.1) is 11.0 Å². The summed E-state index contributed by atoms with van der Waals surface area (Å²) in [6, 6.07) is 7.04. The van der Waals surface area contributed by atoms with Crippen molar-refractivity contribution in [3.8, 4) is 0 Å². The van der Waals surface area contributed by atoms with E-state index >= 15 is 0 Å². The SMILES string of the molecule is CCOC1CN(S(=O)(=O)c2ccc(C)cc2)CC(C)(C)C1. The maximum atomic E-state index is 12.8. The first kappa shape index (κ1) is 16.5. The van der Waals surface area contributed by atoms with E-state index in [2.05, 4.69) is 13.8 Å². The van der Waals surface area contributed by atoms with Crippen molar-refractivity contribution in [3.05, 3.63) is 29.8 Å². The van der Waals surface area contributed by atoms with Crippen molar-refractivity contribution in [2.24, 2.45) is 5.41 Å². The van der Waals surface area contributed by atoms with Crippen molar-refractivity contribution in [1.82, 2.24) is 4.31 Å². The number of sulfonamides is 1. The molecule has 1 aliphatic heterocycles. The van der Waals surface area contributed by atoms with Gasteiger partial charge in [-0.05, 0) is 37.8 Å². The molecule has 5 heteroatoms. The minimum absolute atomic E-state index is 0.0287. The fourth-order valence-corrected chi connectivity index (χ4v) is 4.56. The van der Waals surface area contributed by atoms with Gasteiger partial charge >= 0.3 is 0 Å². The van der Waals surface area contributed by atoms with Gasteiger partial charge in [0, 0.05) is 19.7 Å². The molecule has 1 saturated heterocycles. The molecule has 1 aromatic rings. The maximum absolute atomic E-state index is 12.8. The van der Waals surface area contributed by atoms with Gasteiger partial charge in [-0.15, -0.1) is 0 Å². The standard InChI is InChI=1S/C16H25NO3S/c1-5-20-14-10-16(3,4)12-17(11-14)21(18,19)15-8-6-13(2)7-9-15/h6-9,14H,5,10-12H2,1-4H3. The van der Waals surface area contributed by atoms with E-state index in [1.807, 2.05) is 26.0 Å². The molecule has 21 heavy (non-hydrogen) atoms. The minimum atomic E-state index is -3.45. The van der Waals surface area contributed by atoms with Crippen molar-refractivity contribution in [2.45, 2.75) is 45.1 Å². The van der Waals surface area contributed by atoms with E-state index in [1.54, 1.807) is 16.4 Å². The van der Waals surface area contributed by atoms with Crippen LogP contribution in [0, 0.1) is 12.3 Å². The fraction of sp³-hybridized carbons (Fsp3) is 0.625. The second kappa shape index (κ2) is 6.07. The van der Waals surface area contributed by atoms with Crippen molar-refractivity contribution in [2.75, 3.05) is 19.7 Å². The highest BCUT2D eigenvalue weighted by atomic mass is 32.2. The van der Waals surface area contributed by atoms with Gasteiger partial charge in [0.15, 0.2) is 0 Å². The molecule has 0 amide bonds. The van der Waals surface area contributed by atoms with Gasteiger partial charge < -0.3 is 4.74 Å². The van der Waals surface area contributed by atoms with Crippen LogP contribution >= 0.6 is 0 Å². The Bertz CT molecular complexity index is 578. The average Bonchev–Trinajstić information content (AvgIpc) is 2.37. The quantitative estimate of drug-likeness (QED) is 0.859. The van der Waals surface area contributed by atoms with E-state index in [-0.39, 0.29) is 11.5 Å². The van der Waals surface area contributed by atoms with Crippen LogP contribution < -0.4 is 0 Å². The van der Waals surface area contributed by atoms with E-state index in [4.69, 9.17) is 4.74 Å². The van der Waals surface area contributed by atoms with Crippen LogP contribution in [-0.4, -0.2) is 38.5 Å². The highest BCUT2D eigenvalue weighted by molar-refractivity contribution is 7.89. The smallest absolute Gasteiger partial charge is 0.243 e. The largest absolute Gasteiger partial charge is 0.377 e. The number of benzene rings is 1. The molecule has 0 bridgehead atoms. The summed E-state index contributed by atoms with van der Waals surface area (Å²) in [6.45, 7) is 9.66. The van der Waals surface area contributed by atoms with E-state index in [1.165, 1.54) is 0 Å². The van der Waals surface area contributed by atoms with Gasteiger partial charge in [-0.1, -0.05) is 31.5 Å². The summed E-state index contributed by atoms with van der Waals surface area (Å²) in [5.74, 6) is 0. The van der Waals surface area contributed by atoms with Gasteiger partial charge in [-0.3, -0.25) is 0 Å². The topological polar surface area (TPSA) is 46.6 Å². The van der Waals surface area contributed by atoms with Gasteiger partial charge in [0.2, 0.25) is 10.0 Å². The van der Waals surface area contributed by atoms with Gasteiger partial charge in [0.1, 0.15) is 0 Å². The van der Waals surface area contributed by atoms with Crippen LogP contribution in [0.25, 0.3) is 0 Å². The molecule has 0 spiro atoms. The third kappa shape index (κ3) is 3.84. The number of piperidine rings is 1. The molecule has 1 aliphatic rings. The summed E-state index contributed by atoms with van der Waals surface area (Å²) < 4.78 is 32.9. The molecule has 1 atom stereocenters. The highest BCUT2D eigenvalue weighted by Gasteiger charge is 2.38. The molecule has 0 radical (unpaired) electrons. The van der Waals surface area contributed by atoms with Crippen LogP contribution in [0.4, 0.5) is 0 Å². The molecule has 0 N–H and O–H groups in total. The van der Waals surface area contributed by atoms with Crippen molar-refractivity contribution in [3.63, 3.8) is 0 Å². The Labute approximate surface area is 128 Å². The first-order chi connectivity index (χ1) is 9.74. The van der Waals surface area contributed by atoms with Crippen LogP contribution in [-0.2, 0) is 14.8 Å². The first-order valence-electron chi connectivity index (χ1n) is 7.43. The summed E-state index contributed by atoms with van der Waals surface area (Å²) in [5.41, 5.74) is 0.982. The molecule has 2 rings (SSSR count). The Morgan fingerprint density at radius 3 is 2.48 bits per heavy atom. The van der Waals surface area contributed by atoms with E-state index in [0.717, 1.165) is 12.0 Å². The summed E-state index contributed by atoms with van der Waals surface area (Å²) in [6.07, 6.45) is 0.861. The third-order valence-corrected chi connectivity index (χ3v) is 5.68. The van der Waals surface area contributed by atoms with Crippen molar-refractivity contribution < 1.29 is 13.2 Å². The second-order valence-electron chi connectivity index (χ2n) is 6.56. The summed E-state index contributed by atoms with van der Waals surface area (Å²) in [5, 5.41) is 0. The molecular weight excluding hydrogens is 286 g/mol. The number of rotatable bonds is 4. The lowest BCUT2D eigenvalue weighted by molar-refractivity contribution is -0.0137. The van der Waals surface area contributed by atoms with Crippen LogP contribution in [0.3, 0.4) is 0 Å². The van der Waals surface area contributed by atoms with Crippen LogP contribution in [0.2, 0.25) is 0 Å². The van der Waals surface area contributed by atoms with Crippen molar-refractivity contribution >= 4 is 10.0 Å².